The van der Waals surface area contributed by atoms with Crippen molar-refractivity contribution in [2.24, 2.45) is 0 Å². The number of esters is 1. The Morgan fingerprint density at radius 1 is 1.18 bits per heavy atom. The first-order chi connectivity index (χ1) is 13.5. The van der Waals surface area contributed by atoms with E-state index in [-0.39, 0.29) is 5.91 Å². The summed E-state index contributed by atoms with van der Waals surface area (Å²) in [6.45, 7) is 2.94. The van der Waals surface area contributed by atoms with Gasteiger partial charge in [-0.2, -0.15) is 0 Å². The van der Waals surface area contributed by atoms with Gasteiger partial charge >= 0.3 is 5.97 Å². The van der Waals surface area contributed by atoms with Crippen molar-refractivity contribution < 1.29 is 23.8 Å². The standard InChI is InChI=1S/C21H20ClNO5/c1-13-4-6-15(21(25)26-2)12-17(13)23-19(24)7-5-14-10-16(22)20-18(11-14)27-8-3-9-28-20/h4-7,10-12H,3,8-9H2,1-2H3,(H,23,24)/b7-5+. The number of ether oxygens (including phenoxy) is 3. The summed E-state index contributed by atoms with van der Waals surface area (Å²) >= 11 is 6.26. The van der Waals surface area contributed by atoms with E-state index in [0.717, 1.165) is 12.0 Å². The molecule has 3 rings (SSSR count). The number of benzene rings is 2. The van der Waals surface area contributed by atoms with Crippen LogP contribution in [-0.2, 0) is 9.53 Å². The lowest BCUT2D eigenvalue weighted by Gasteiger charge is -2.10. The average molecular weight is 402 g/mol. The number of nitrogens with one attached hydrogen (secondary N) is 1. The predicted molar refractivity (Wildman–Crippen MR) is 107 cm³/mol. The summed E-state index contributed by atoms with van der Waals surface area (Å²) in [4.78, 5) is 24.0. The lowest BCUT2D eigenvalue weighted by Crippen LogP contribution is -2.10. The Morgan fingerprint density at radius 3 is 2.75 bits per heavy atom. The normalized spacial score (nSPS) is 13.1. The topological polar surface area (TPSA) is 73.9 Å². The van der Waals surface area contributed by atoms with Crippen molar-refractivity contribution in [3.63, 3.8) is 0 Å². The van der Waals surface area contributed by atoms with Crippen molar-refractivity contribution in [1.82, 2.24) is 0 Å². The zero-order valence-electron chi connectivity index (χ0n) is 15.6. The molecule has 0 aromatic heterocycles. The molecule has 0 bridgehead atoms. The molecule has 1 amide bonds. The smallest absolute Gasteiger partial charge is 0.337 e. The van der Waals surface area contributed by atoms with E-state index in [1.807, 2.05) is 6.92 Å². The van der Waals surface area contributed by atoms with E-state index in [2.05, 4.69) is 5.32 Å². The SMILES string of the molecule is COC(=O)c1ccc(C)c(NC(=O)/C=C/c2cc(Cl)c3c(c2)OCCCO3)c1. The Bertz CT molecular complexity index is 939. The number of halogens is 1. The van der Waals surface area contributed by atoms with E-state index in [0.29, 0.717) is 46.5 Å². The number of rotatable bonds is 4. The minimum Gasteiger partial charge on any atom is -0.489 e. The third-order valence-electron chi connectivity index (χ3n) is 4.17. The van der Waals surface area contributed by atoms with Crippen LogP contribution in [0.2, 0.25) is 5.02 Å². The maximum atomic E-state index is 12.3. The maximum absolute atomic E-state index is 12.3. The number of methoxy groups -OCH3 is 1. The Labute approximate surface area is 168 Å². The van der Waals surface area contributed by atoms with Crippen molar-refractivity contribution in [3.05, 3.63) is 58.1 Å². The number of aryl methyl sites for hydroxylation is 1. The van der Waals surface area contributed by atoms with E-state index in [1.165, 1.54) is 13.2 Å². The van der Waals surface area contributed by atoms with Crippen LogP contribution in [0.25, 0.3) is 6.08 Å². The monoisotopic (exact) mass is 401 g/mol. The highest BCUT2D eigenvalue weighted by molar-refractivity contribution is 6.32. The van der Waals surface area contributed by atoms with Crippen LogP contribution in [0.5, 0.6) is 11.5 Å². The summed E-state index contributed by atoms with van der Waals surface area (Å²) in [5.74, 6) is 0.281. The highest BCUT2D eigenvalue weighted by atomic mass is 35.5. The van der Waals surface area contributed by atoms with Crippen LogP contribution in [0.15, 0.2) is 36.4 Å². The van der Waals surface area contributed by atoms with Crippen LogP contribution in [0.4, 0.5) is 5.69 Å². The van der Waals surface area contributed by atoms with Crippen molar-refractivity contribution in [3.8, 4) is 11.5 Å². The number of carbonyl (C=O) groups is 2. The molecule has 2 aromatic carbocycles. The first-order valence-electron chi connectivity index (χ1n) is 8.75. The third kappa shape index (κ3) is 4.64. The first kappa shape index (κ1) is 19.8. The largest absolute Gasteiger partial charge is 0.489 e. The molecule has 1 N–H and O–H groups in total. The lowest BCUT2D eigenvalue weighted by atomic mass is 10.1. The van der Waals surface area contributed by atoms with Crippen molar-refractivity contribution in [2.75, 3.05) is 25.6 Å². The molecule has 146 valence electrons. The zero-order valence-corrected chi connectivity index (χ0v) is 16.3. The van der Waals surface area contributed by atoms with Gasteiger partial charge in [-0.15, -0.1) is 0 Å². The number of fused-ring (bicyclic) bond motifs is 1. The molecule has 0 atom stereocenters. The Hall–Kier alpha value is -2.99. The molecule has 7 heteroatoms. The molecule has 2 aromatic rings. The van der Waals surface area contributed by atoms with Gasteiger partial charge in [0.1, 0.15) is 0 Å². The van der Waals surface area contributed by atoms with Crippen LogP contribution in [0, 0.1) is 6.92 Å². The molecule has 0 saturated heterocycles. The fourth-order valence-electron chi connectivity index (χ4n) is 2.69. The summed E-state index contributed by atoms with van der Waals surface area (Å²) < 4.78 is 15.9. The molecule has 6 nitrogen and oxygen atoms in total. The Morgan fingerprint density at radius 2 is 1.96 bits per heavy atom. The molecule has 0 unspecified atom stereocenters. The van der Waals surface area contributed by atoms with E-state index < -0.39 is 5.97 Å². The van der Waals surface area contributed by atoms with Gasteiger partial charge in [-0.1, -0.05) is 17.7 Å². The van der Waals surface area contributed by atoms with Gasteiger partial charge in [0.05, 0.1) is 30.9 Å². The van der Waals surface area contributed by atoms with Gasteiger partial charge in [-0.05, 0) is 48.4 Å². The fourth-order valence-corrected chi connectivity index (χ4v) is 2.97. The molecule has 1 heterocycles. The molecule has 0 fully saturated rings. The molecular weight excluding hydrogens is 382 g/mol. The van der Waals surface area contributed by atoms with Crippen LogP contribution < -0.4 is 14.8 Å². The Balaban J connectivity index is 1.75. The molecule has 28 heavy (non-hydrogen) atoms. The number of carbonyl (C=O) groups excluding carboxylic acids is 2. The van der Waals surface area contributed by atoms with Gasteiger partial charge in [-0.3, -0.25) is 4.79 Å². The number of hydrogen-bond donors (Lipinski definition) is 1. The number of anilines is 1. The molecule has 0 aliphatic carbocycles. The minimum absolute atomic E-state index is 0.339. The van der Waals surface area contributed by atoms with Crippen molar-refractivity contribution >= 4 is 35.2 Å². The van der Waals surface area contributed by atoms with E-state index in [9.17, 15) is 9.59 Å². The summed E-state index contributed by atoms with van der Waals surface area (Å²) in [5, 5.41) is 3.20. The van der Waals surface area contributed by atoms with E-state index >= 15 is 0 Å². The number of amides is 1. The molecule has 0 saturated carbocycles. The average Bonchev–Trinajstić information content (AvgIpc) is 2.93. The first-order valence-corrected chi connectivity index (χ1v) is 9.13. The van der Waals surface area contributed by atoms with E-state index in [1.54, 1.807) is 36.4 Å². The van der Waals surface area contributed by atoms with Gasteiger partial charge in [0.2, 0.25) is 5.91 Å². The predicted octanol–water partition coefficient (Wildman–Crippen LogP) is 4.25. The summed E-state index contributed by atoms with van der Waals surface area (Å²) in [7, 11) is 1.31. The molecule has 1 aliphatic rings. The van der Waals surface area contributed by atoms with Crippen molar-refractivity contribution in [1.29, 1.82) is 0 Å². The fraction of sp³-hybridized carbons (Fsp3) is 0.238. The van der Waals surface area contributed by atoms with Gasteiger partial charge in [0, 0.05) is 18.2 Å². The molecule has 0 spiro atoms. The van der Waals surface area contributed by atoms with Crippen LogP contribution in [-0.4, -0.2) is 32.2 Å². The second kappa shape index (κ2) is 8.80. The van der Waals surface area contributed by atoms with Gasteiger partial charge in [0.15, 0.2) is 11.5 Å². The Kier molecular flexibility index (Phi) is 6.21. The van der Waals surface area contributed by atoms with Crippen LogP contribution in [0.1, 0.15) is 27.9 Å². The quantitative estimate of drug-likeness (QED) is 0.612. The zero-order chi connectivity index (χ0) is 20.1. The second-order valence-electron chi connectivity index (χ2n) is 6.22. The highest BCUT2D eigenvalue weighted by Gasteiger charge is 2.15. The van der Waals surface area contributed by atoms with Crippen LogP contribution in [0.3, 0.4) is 0 Å². The lowest BCUT2D eigenvalue weighted by molar-refractivity contribution is -0.111. The summed E-state index contributed by atoms with van der Waals surface area (Å²) in [5.41, 5.74) is 2.44. The summed E-state index contributed by atoms with van der Waals surface area (Å²) in [6, 6.07) is 8.46. The van der Waals surface area contributed by atoms with Crippen LogP contribution >= 0.6 is 11.6 Å². The molecule has 0 radical (unpaired) electrons. The molecule has 1 aliphatic heterocycles. The number of hydrogen-bond acceptors (Lipinski definition) is 5. The third-order valence-corrected chi connectivity index (χ3v) is 4.45. The van der Waals surface area contributed by atoms with Crippen molar-refractivity contribution in [2.45, 2.75) is 13.3 Å². The van der Waals surface area contributed by atoms with Gasteiger partial charge in [-0.25, -0.2) is 4.79 Å². The molecular formula is C21H20ClNO5. The second-order valence-corrected chi connectivity index (χ2v) is 6.63. The van der Waals surface area contributed by atoms with E-state index in [4.69, 9.17) is 25.8 Å². The minimum atomic E-state index is -0.465. The summed E-state index contributed by atoms with van der Waals surface area (Å²) in [6.07, 6.45) is 3.80. The van der Waals surface area contributed by atoms with Gasteiger partial charge in [0.25, 0.3) is 0 Å². The maximum Gasteiger partial charge on any atom is 0.337 e. The van der Waals surface area contributed by atoms with Gasteiger partial charge < -0.3 is 19.5 Å². The highest BCUT2D eigenvalue weighted by Crippen LogP contribution is 2.38.